The van der Waals surface area contributed by atoms with E-state index in [4.69, 9.17) is 6.42 Å². The van der Waals surface area contributed by atoms with Gasteiger partial charge in [0.05, 0.1) is 0 Å². The minimum atomic E-state index is 0.487. The lowest BCUT2D eigenvalue weighted by Crippen LogP contribution is -2.30. The average Bonchev–Trinajstić information content (AvgIpc) is 2.66. The average molecular weight is 331 g/mol. The summed E-state index contributed by atoms with van der Waals surface area (Å²) in [5, 5.41) is 3.53. The van der Waals surface area contributed by atoms with Gasteiger partial charge in [0, 0.05) is 30.1 Å². The molecule has 2 rings (SSSR count). The Morgan fingerprint density at radius 1 is 1.32 bits per heavy atom. The van der Waals surface area contributed by atoms with E-state index in [0.29, 0.717) is 18.0 Å². The van der Waals surface area contributed by atoms with Crippen LogP contribution in [0.5, 0.6) is 0 Å². The normalized spacial score (nSPS) is 14.5. The molecule has 1 aliphatic rings. The Labute approximate surface area is 151 Å². The molecule has 1 saturated carbocycles. The third kappa shape index (κ3) is 6.11. The first kappa shape index (κ1) is 18.8. The summed E-state index contributed by atoms with van der Waals surface area (Å²) in [4.78, 5) is 11.3. The second kappa shape index (κ2) is 10.3. The number of hydrogen-bond acceptors (Lipinski definition) is 2. The number of rotatable bonds is 7. The second-order valence-corrected chi connectivity index (χ2v) is 6.36. The number of benzene rings is 1. The van der Waals surface area contributed by atoms with Crippen molar-refractivity contribution < 1.29 is 4.79 Å². The Morgan fingerprint density at radius 2 is 2.12 bits per heavy atom. The molecule has 1 fully saturated rings. The zero-order chi connectivity index (χ0) is 17.9. The van der Waals surface area contributed by atoms with Crippen molar-refractivity contribution in [2.75, 3.05) is 6.54 Å². The molecule has 0 aromatic heterocycles. The molecule has 0 heterocycles. The minimum Gasteiger partial charge on any atom is -0.311 e. The fraction of sp³-hybridized carbons (Fsp3) is 0.348. The van der Waals surface area contributed by atoms with Crippen LogP contribution in [0.3, 0.4) is 0 Å². The van der Waals surface area contributed by atoms with Gasteiger partial charge in [-0.2, -0.15) is 0 Å². The summed E-state index contributed by atoms with van der Waals surface area (Å²) in [6.45, 7) is 4.35. The van der Waals surface area contributed by atoms with E-state index >= 15 is 0 Å². The molecular weight excluding hydrogens is 306 g/mol. The van der Waals surface area contributed by atoms with Crippen molar-refractivity contribution in [1.82, 2.24) is 5.32 Å². The van der Waals surface area contributed by atoms with E-state index in [1.54, 1.807) is 6.08 Å². The molecule has 0 atom stereocenters. The first-order chi connectivity index (χ1) is 12.3. The van der Waals surface area contributed by atoms with Gasteiger partial charge in [-0.1, -0.05) is 56.0 Å². The lowest BCUT2D eigenvalue weighted by Gasteiger charge is -2.21. The van der Waals surface area contributed by atoms with Crippen molar-refractivity contribution in [3.8, 4) is 12.3 Å². The number of nitrogens with one attached hydrogen (secondary N) is 1. The summed E-state index contributed by atoms with van der Waals surface area (Å²) in [5.41, 5.74) is 6.03. The molecule has 0 aliphatic heterocycles. The summed E-state index contributed by atoms with van der Waals surface area (Å²) in [5.74, 6) is 4.72. The maximum atomic E-state index is 11.3. The van der Waals surface area contributed by atoms with Crippen LogP contribution < -0.4 is 5.32 Å². The summed E-state index contributed by atoms with van der Waals surface area (Å²) in [7, 11) is 0. The third-order valence-corrected chi connectivity index (χ3v) is 4.52. The standard InChI is InChI=1S/C23H25NO/c1-3-9-19-13-14-22(21(4-2)16-19)17-20(18-25)10-8-15-24-23-11-6-5-7-12-23/h2,8-10,13-14,16,23-24H,1,5-7,11-12,15,17H2/b10-8+. The van der Waals surface area contributed by atoms with Crippen molar-refractivity contribution in [2.24, 2.45) is 0 Å². The number of terminal acetylenes is 1. The Bertz CT molecular complexity index is 747. The van der Waals surface area contributed by atoms with E-state index < -0.39 is 0 Å². The van der Waals surface area contributed by atoms with Crippen LogP contribution in [-0.4, -0.2) is 18.5 Å². The van der Waals surface area contributed by atoms with E-state index in [0.717, 1.165) is 23.2 Å². The highest BCUT2D eigenvalue weighted by molar-refractivity contribution is 5.61. The van der Waals surface area contributed by atoms with Crippen LogP contribution in [0.4, 0.5) is 0 Å². The van der Waals surface area contributed by atoms with Gasteiger partial charge in [0.1, 0.15) is 5.94 Å². The van der Waals surface area contributed by atoms with Crippen LogP contribution in [0, 0.1) is 12.3 Å². The maximum Gasteiger partial charge on any atom is 0.128 e. The molecule has 128 valence electrons. The number of carbonyl (C=O) groups excluding carboxylic acids is 1. The Morgan fingerprint density at radius 3 is 2.80 bits per heavy atom. The Kier molecular flexibility index (Phi) is 7.77. The fourth-order valence-corrected chi connectivity index (χ4v) is 3.17. The molecule has 2 nitrogen and oxygen atoms in total. The van der Waals surface area contributed by atoms with E-state index in [1.807, 2.05) is 36.3 Å². The molecular formula is C23H25NO. The van der Waals surface area contributed by atoms with Crippen molar-refractivity contribution in [3.05, 3.63) is 64.9 Å². The molecule has 0 saturated heterocycles. The van der Waals surface area contributed by atoms with Crippen LogP contribution in [0.1, 0.15) is 48.8 Å². The first-order valence-corrected chi connectivity index (χ1v) is 8.86. The van der Waals surface area contributed by atoms with Gasteiger partial charge < -0.3 is 5.32 Å². The summed E-state index contributed by atoms with van der Waals surface area (Å²) < 4.78 is 0. The van der Waals surface area contributed by atoms with Crippen molar-refractivity contribution in [3.63, 3.8) is 0 Å². The van der Waals surface area contributed by atoms with E-state index in [2.05, 4.69) is 23.5 Å². The molecule has 1 aromatic carbocycles. The number of hydrogen-bond donors (Lipinski definition) is 1. The van der Waals surface area contributed by atoms with Gasteiger partial charge in [0.2, 0.25) is 0 Å². The van der Waals surface area contributed by atoms with Crippen molar-refractivity contribution in [2.45, 2.75) is 44.6 Å². The molecule has 0 unspecified atom stereocenters. The van der Waals surface area contributed by atoms with Crippen LogP contribution in [-0.2, 0) is 11.2 Å². The van der Waals surface area contributed by atoms with Gasteiger partial charge in [-0.15, -0.1) is 12.2 Å². The zero-order valence-corrected chi connectivity index (χ0v) is 14.7. The smallest absolute Gasteiger partial charge is 0.128 e. The van der Waals surface area contributed by atoms with Crippen molar-refractivity contribution >= 4 is 12.0 Å². The summed E-state index contributed by atoms with van der Waals surface area (Å²) in [6.07, 6.45) is 18.2. The molecule has 0 bridgehead atoms. The molecule has 1 aliphatic carbocycles. The number of allylic oxidation sites excluding steroid dienone is 2. The Hall–Kier alpha value is -2.55. The lowest BCUT2D eigenvalue weighted by atomic mass is 9.95. The van der Waals surface area contributed by atoms with Gasteiger partial charge in [0.15, 0.2) is 0 Å². The zero-order valence-electron chi connectivity index (χ0n) is 14.7. The Balaban J connectivity index is 1.95. The van der Waals surface area contributed by atoms with Gasteiger partial charge in [-0.05, 0) is 36.1 Å². The van der Waals surface area contributed by atoms with E-state index in [-0.39, 0.29) is 0 Å². The van der Waals surface area contributed by atoms with Gasteiger partial charge >= 0.3 is 0 Å². The highest BCUT2D eigenvalue weighted by Crippen LogP contribution is 2.18. The monoisotopic (exact) mass is 331 g/mol. The molecule has 0 radical (unpaired) electrons. The van der Waals surface area contributed by atoms with Crippen LogP contribution in [0.2, 0.25) is 0 Å². The van der Waals surface area contributed by atoms with Gasteiger partial charge in [0.25, 0.3) is 0 Å². The highest BCUT2D eigenvalue weighted by Gasteiger charge is 2.11. The molecule has 0 spiro atoms. The summed E-state index contributed by atoms with van der Waals surface area (Å²) >= 11 is 0. The molecule has 2 heteroatoms. The van der Waals surface area contributed by atoms with Crippen LogP contribution >= 0.6 is 0 Å². The SMILES string of the molecule is C#Cc1cc(C=C=C)ccc1CC(=C=O)/C=C/CNC1CCCCC1. The minimum absolute atomic E-state index is 0.487. The largest absolute Gasteiger partial charge is 0.311 e. The third-order valence-electron chi connectivity index (χ3n) is 4.52. The second-order valence-electron chi connectivity index (χ2n) is 6.36. The van der Waals surface area contributed by atoms with Crippen LogP contribution in [0.25, 0.3) is 6.08 Å². The summed E-state index contributed by atoms with van der Waals surface area (Å²) in [6, 6.07) is 6.42. The predicted octanol–water partition coefficient (Wildman–Crippen LogP) is 4.25. The van der Waals surface area contributed by atoms with Crippen molar-refractivity contribution in [1.29, 1.82) is 0 Å². The van der Waals surface area contributed by atoms with E-state index in [1.165, 1.54) is 32.1 Å². The molecule has 1 aromatic rings. The maximum absolute atomic E-state index is 11.3. The molecule has 1 N–H and O–H groups in total. The molecule has 0 amide bonds. The van der Waals surface area contributed by atoms with Gasteiger partial charge in [-0.25, -0.2) is 4.79 Å². The topological polar surface area (TPSA) is 29.1 Å². The predicted molar refractivity (Wildman–Crippen MR) is 105 cm³/mol. The van der Waals surface area contributed by atoms with Crippen LogP contribution in [0.15, 0.2) is 48.2 Å². The lowest BCUT2D eigenvalue weighted by molar-refractivity contribution is 0.385. The van der Waals surface area contributed by atoms with Gasteiger partial charge in [-0.3, -0.25) is 0 Å². The van der Waals surface area contributed by atoms with E-state index in [9.17, 15) is 4.79 Å². The fourth-order valence-electron chi connectivity index (χ4n) is 3.17. The molecule has 25 heavy (non-hydrogen) atoms. The first-order valence-electron chi connectivity index (χ1n) is 8.86. The quantitative estimate of drug-likeness (QED) is 0.350. The highest BCUT2D eigenvalue weighted by atomic mass is 16.1.